The number of rotatable bonds is 9. The first-order valence-corrected chi connectivity index (χ1v) is 11.6. The van der Waals surface area contributed by atoms with Gasteiger partial charge in [0.2, 0.25) is 0 Å². The number of aromatic nitrogens is 2. The molecule has 1 aromatic heterocycles. The van der Waals surface area contributed by atoms with Gasteiger partial charge in [0, 0.05) is 44.8 Å². The number of halogens is 2. The van der Waals surface area contributed by atoms with Crippen LogP contribution in [-0.2, 0) is 20.8 Å². The molecule has 2 aliphatic rings. The van der Waals surface area contributed by atoms with Crippen LogP contribution in [0.25, 0.3) is 6.08 Å². The van der Waals surface area contributed by atoms with Crippen LogP contribution in [0.5, 0.6) is 0 Å². The Morgan fingerprint density at radius 1 is 1.21 bits per heavy atom. The third kappa shape index (κ3) is 7.28. The number of amides is 1. The monoisotopic (exact) mass is 473 g/mol. The number of hydrogen-bond acceptors (Lipinski definition) is 7. The topological polar surface area (TPSA) is 88.6 Å². The predicted molar refractivity (Wildman–Crippen MR) is 122 cm³/mol. The molecular weight excluding hydrogens is 444 g/mol. The van der Waals surface area contributed by atoms with Crippen molar-refractivity contribution in [2.24, 2.45) is 0 Å². The van der Waals surface area contributed by atoms with Gasteiger partial charge < -0.3 is 15.0 Å². The lowest BCUT2D eigenvalue weighted by atomic mass is 10.1. The number of anilines is 1. The van der Waals surface area contributed by atoms with Crippen LogP contribution in [-0.4, -0.2) is 59.3 Å². The number of carbonyl (C=O) groups is 1. The highest BCUT2D eigenvalue weighted by molar-refractivity contribution is 5.90. The van der Waals surface area contributed by atoms with Crippen LogP contribution in [0.2, 0.25) is 0 Å². The van der Waals surface area contributed by atoms with E-state index in [0.29, 0.717) is 24.5 Å². The second kappa shape index (κ2) is 12.0. The van der Waals surface area contributed by atoms with Crippen molar-refractivity contribution in [1.82, 2.24) is 20.3 Å². The molecule has 10 heteroatoms. The zero-order valence-corrected chi connectivity index (χ0v) is 18.9. The van der Waals surface area contributed by atoms with E-state index in [0.717, 1.165) is 50.9 Å². The Labute approximate surface area is 197 Å². The van der Waals surface area contributed by atoms with Gasteiger partial charge in [-0.3, -0.25) is 9.78 Å². The van der Waals surface area contributed by atoms with Crippen molar-refractivity contribution in [3.05, 3.63) is 59.6 Å². The first-order chi connectivity index (χ1) is 16.5. The molecule has 1 unspecified atom stereocenters. The summed E-state index contributed by atoms with van der Waals surface area (Å²) in [4.78, 5) is 28.1. The summed E-state index contributed by atoms with van der Waals surface area (Å²) in [6.45, 7) is 3.16. The molecule has 2 aromatic rings. The van der Waals surface area contributed by atoms with Crippen LogP contribution in [0.4, 0.5) is 14.6 Å². The number of nitrogens with zero attached hydrogens (tertiary/aromatic N) is 3. The minimum atomic E-state index is -0.821. The first-order valence-electron chi connectivity index (χ1n) is 11.6. The second-order valence-corrected chi connectivity index (χ2v) is 8.47. The fourth-order valence-electron chi connectivity index (χ4n) is 3.97. The zero-order chi connectivity index (χ0) is 23.8. The van der Waals surface area contributed by atoms with E-state index in [4.69, 9.17) is 9.57 Å². The molecule has 0 radical (unpaired) electrons. The largest absolute Gasteiger partial charge is 0.365 e. The van der Waals surface area contributed by atoms with E-state index in [9.17, 15) is 13.6 Å². The summed E-state index contributed by atoms with van der Waals surface area (Å²) in [5, 5.41) is 3.37. The number of benzene rings is 1. The summed E-state index contributed by atoms with van der Waals surface area (Å²) in [5.41, 5.74) is 3.70. The fourth-order valence-corrected chi connectivity index (χ4v) is 3.97. The highest BCUT2D eigenvalue weighted by Gasteiger charge is 2.22. The Morgan fingerprint density at radius 3 is 2.88 bits per heavy atom. The van der Waals surface area contributed by atoms with E-state index < -0.39 is 23.8 Å². The van der Waals surface area contributed by atoms with Crippen LogP contribution >= 0.6 is 0 Å². The maximum Gasteiger partial charge on any atom is 0.267 e. The fraction of sp³-hybridized carbons (Fsp3) is 0.458. The maximum atomic E-state index is 13.4. The molecule has 0 spiro atoms. The minimum Gasteiger partial charge on any atom is -0.365 e. The Bertz CT molecular complexity index is 983. The predicted octanol–water partition coefficient (Wildman–Crippen LogP) is 3.07. The molecular formula is C24H29F2N5O3. The van der Waals surface area contributed by atoms with Gasteiger partial charge in [-0.05, 0) is 49.5 Å². The lowest BCUT2D eigenvalue weighted by molar-refractivity contribution is -0.198. The molecule has 0 aliphatic carbocycles. The summed E-state index contributed by atoms with van der Waals surface area (Å²) >= 11 is 0. The van der Waals surface area contributed by atoms with Crippen LogP contribution in [0, 0.1) is 11.6 Å². The summed E-state index contributed by atoms with van der Waals surface area (Å²) < 4.78 is 31.8. The van der Waals surface area contributed by atoms with E-state index in [2.05, 4.69) is 25.7 Å². The van der Waals surface area contributed by atoms with Crippen LogP contribution in [0.1, 0.15) is 36.9 Å². The van der Waals surface area contributed by atoms with Gasteiger partial charge in [-0.15, -0.1) is 0 Å². The Hall–Kier alpha value is -2.95. The quantitative estimate of drug-likeness (QED) is 0.427. The van der Waals surface area contributed by atoms with Gasteiger partial charge in [-0.25, -0.2) is 24.1 Å². The van der Waals surface area contributed by atoms with Crippen molar-refractivity contribution in [2.45, 2.75) is 44.4 Å². The molecule has 1 aromatic carbocycles. The number of hydroxylamine groups is 1. The minimum absolute atomic E-state index is 0.227. The van der Waals surface area contributed by atoms with Crippen molar-refractivity contribution in [1.29, 1.82) is 0 Å². The third-order valence-corrected chi connectivity index (χ3v) is 5.83. The second-order valence-electron chi connectivity index (χ2n) is 8.47. The van der Waals surface area contributed by atoms with E-state index >= 15 is 0 Å². The Morgan fingerprint density at radius 2 is 2.12 bits per heavy atom. The highest BCUT2D eigenvalue weighted by Crippen LogP contribution is 2.16. The smallest absolute Gasteiger partial charge is 0.267 e. The van der Waals surface area contributed by atoms with E-state index in [-0.39, 0.29) is 6.04 Å². The van der Waals surface area contributed by atoms with Crippen LogP contribution in [0.3, 0.4) is 0 Å². The van der Waals surface area contributed by atoms with Gasteiger partial charge in [-0.1, -0.05) is 6.07 Å². The molecule has 0 saturated carbocycles. The third-order valence-electron chi connectivity index (χ3n) is 5.83. The van der Waals surface area contributed by atoms with Crippen molar-refractivity contribution >= 4 is 17.8 Å². The summed E-state index contributed by atoms with van der Waals surface area (Å²) in [6, 6.07) is 4.28. The Kier molecular flexibility index (Phi) is 8.51. The number of carbonyl (C=O) groups excluding carboxylic acids is 1. The molecule has 34 heavy (non-hydrogen) atoms. The van der Waals surface area contributed by atoms with E-state index in [1.807, 2.05) is 0 Å². The van der Waals surface area contributed by atoms with Gasteiger partial charge >= 0.3 is 0 Å². The number of hydrogen-bond donors (Lipinski definition) is 2. The summed E-state index contributed by atoms with van der Waals surface area (Å²) in [5.74, 6) is -1.36. The standard InChI is InChI=1S/C24H29F2N5O3/c25-20-6-4-17(13-21(20)26)8-10-31-11-9-19(16-31)29-22-15-27-18(14-28-22)5-7-23(32)30-34-24-3-1-2-12-33-24/h4-7,13-15,19,24H,1-3,8-12,16H2,(H,28,29)(H,30,32)/b7-5+/t19-,24?/m1/s1. The zero-order valence-electron chi connectivity index (χ0n) is 18.9. The van der Waals surface area contributed by atoms with Gasteiger partial charge in [0.1, 0.15) is 5.82 Å². The van der Waals surface area contributed by atoms with Gasteiger partial charge in [0.05, 0.1) is 18.1 Å². The van der Waals surface area contributed by atoms with Gasteiger partial charge in [0.15, 0.2) is 17.9 Å². The van der Waals surface area contributed by atoms with E-state index in [1.165, 1.54) is 18.2 Å². The molecule has 2 saturated heterocycles. The molecule has 182 valence electrons. The molecule has 4 rings (SSSR count). The van der Waals surface area contributed by atoms with Crippen molar-refractivity contribution in [3.63, 3.8) is 0 Å². The van der Waals surface area contributed by atoms with Gasteiger partial charge in [-0.2, -0.15) is 0 Å². The lowest BCUT2D eigenvalue weighted by Crippen LogP contribution is -2.32. The van der Waals surface area contributed by atoms with Crippen molar-refractivity contribution < 1.29 is 23.1 Å². The van der Waals surface area contributed by atoms with Crippen LogP contribution < -0.4 is 10.8 Å². The molecule has 0 bridgehead atoms. The summed E-state index contributed by atoms with van der Waals surface area (Å²) in [6.07, 6.45) is 10.1. The van der Waals surface area contributed by atoms with Crippen molar-refractivity contribution in [2.75, 3.05) is 31.6 Å². The molecule has 8 nitrogen and oxygen atoms in total. The number of likely N-dealkylation sites (tertiary alicyclic amines) is 1. The van der Waals surface area contributed by atoms with Crippen LogP contribution in [0.15, 0.2) is 36.7 Å². The molecule has 1 amide bonds. The normalized spacial score (nSPS) is 21.1. The van der Waals surface area contributed by atoms with Crippen molar-refractivity contribution in [3.8, 4) is 0 Å². The first kappa shape index (κ1) is 24.2. The Balaban J connectivity index is 1.17. The summed E-state index contributed by atoms with van der Waals surface area (Å²) in [7, 11) is 0. The number of ether oxygens (including phenoxy) is 1. The number of nitrogens with one attached hydrogen (secondary N) is 2. The van der Waals surface area contributed by atoms with E-state index in [1.54, 1.807) is 24.5 Å². The SMILES string of the molecule is O=C(/C=C/c1cnc(N[C@@H]2CCN(CCc3ccc(F)c(F)c3)C2)cn1)NOC1CCCCO1. The molecule has 3 heterocycles. The average molecular weight is 474 g/mol. The molecule has 2 aliphatic heterocycles. The maximum absolute atomic E-state index is 13.4. The average Bonchev–Trinajstić information content (AvgIpc) is 3.31. The van der Waals surface area contributed by atoms with Gasteiger partial charge in [0.25, 0.3) is 5.91 Å². The molecule has 2 atom stereocenters. The lowest BCUT2D eigenvalue weighted by Gasteiger charge is -2.21. The molecule has 2 N–H and O–H groups in total. The highest BCUT2D eigenvalue weighted by atomic mass is 19.2. The molecule has 2 fully saturated rings.